The molecule has 0 radical (unpaired) electrons. The summed E-state index contributed by atoms with van der Waals surface area (Å²) < 4.78 is 0. The van der Waals surface area contributed by atoms with Crippen molar-refractivity contribution < 1.29 is 0 Å². The lowest BCUT2D eigenvalue weighted by Crippen LogP contribution is -2.38. The summed E-state index contributed by atoms with van der Waals surface area (Å²) in [6.45, 7) is 9.59. The molecule has 3 rings (SSSR count). The third kappa shape index (κ3) is 0.967. The SMILES string of the molecule is CC1=C(C)C2CCC1CC2(C)C. The molecule has 0 amide bonds. The maximum atomic E-state index is 2.44. The van der Waals surface area contributed by atoms with Gasteiger partial charge >= 0.3 is 0 Å². The van der Waals surface area contributed by atoms with Crippen LogP contribution in [0.2, 0.25) is 0 Å². The van der Waals surface area contributed by atoms with E-state index in [4.69, 9.17) is 0 Å². The summed E-state index contributed by atoms with van der Waals surface area (Å²) >= 11 is 0. The van der Waals surface area contributed by atoms with Crippen LogP contribution in [-0.2, 0) is 0 Å². The van der Waals surface area contributed by atoms with E-state index in [1.54, 1.807) is 11.1 Å². The van der Waals surface area contributed by atoms with Gasteiger partial charge in [-0.1, -0.05) is 25.0 Å². The van der Waals surface area contributed by atoms with Crippen molar-refractivity contribution >= 4 is 0 Å². The molecule has 68 valence electrons. The maximum absolute atomic E-state index is 2.44. The van der Waals surface area contributed by atoms with Crippen LogP contribution in [0.3, 0.4) is 0 Å². The highest BCUT2D eigenvalue weighted by Gasteiger charge is 2.42. The van der Waals surface area contributed by atoms with Crippen molar-refractivity contribution in [1.82, 2.24) is 0 Å². The molecule has 2 unspecified atom stereocenters. The number of hydrogen-bond donors (Lipinski definition) is 0. The average molecular weight is 164 g/mol. The molecule has 2 bridgehead atoms. The summed E-state index contributed by atoms with van der Waals surface area (Å²) in [6, 6.07) is 0. The lowest BCUT2D eigenvalue weighted by molar-refractivity contribution is 0.110. The van der Waals surface area contributed by atoms with E-state index in [-0.39, 0.29) is 0 Å². The Bertz CT molecular complexity index is 232. The fraction of sp³-hybridized carbons (Fsp3) is 0.833. The van der Waals surface area contributed by atoms with E-state index in [1.807, 2.05) is 0 Å². The van der Waals surface area contributed by atoms with Crippen LogP contribution in [0.1, 0.15) is 47.0 Å². The van der Waals surface area contributed by atoms with Crippen molar-refractivity contribution in [3.63, 3.8) is 0 Å². The number of hydrogen-bond acceptors (Lipinski definition) is 0. The van der Waals surface area contributed by atoms with Crippen LogP contribution in [0.5, 0.6) is 0 Å². The first-order chi connectivity index (χ1) is 5.52. The van der Waals surface area contributed by atoms with Gasteiger partial charge in [-0.25, -0.2) is 0 Å². The molecule has 1 fully saturated rings. The molecule has 0 N–H and O–H groups in total. The summed E-state index contributed by atoms with van der Waals surface area (Å²) in [5.41, 5.74) is 4.01. The first kappa shape index (κ1) is 8.34. The molecule has 0 aromatic carbocycles. The second kappa shape index (κ2) is 2.37. The Labute approximate surface area is 76.1 Å². The third-order valence-electron chi connectivity index (χ3n) is 4.28. The second-order valence-corrected chi connectivity index (χ2v) is 5.39. The van der Waals surface area contributed by atoms with Gasteiger partial charge in [0.1, 0.15) is 0 Å². The summed E-state index contributed by atoms with van der Waals surface area (Å²) in [5.74, 6) is 1.81. The van der Waals surface area contributed by atoms with Gasteiger partial charge in [0.2, 0.25) is 0 Å². The molecule has 0 aromatic heterocycles. The Balaban J connectivity index is 2.41. The van der Waals surface area contributed by atoms with Gasteiger partial charge in [0.15, 0.2) is 0 Å². The van der Waals surface area contributed by atoms with Crippen molar-refractivity contribution in [2.45, 2.75) is 47.0 Å². The molecule has 3 aliphatic carbocycles. The number of fused-ring (bicyclic) bond motifs is 2. The standard InChI is InChI=1S/C12H20/c1-8-9(2)11-6-5-10(8)7-12(11,3)4/h10-11H,5-7H2,1-4H3. The molecule has 0 saturated heterocycles. The molecule has 0 spiro atoms. The summed E-state index contributed by atoms with van der Waals surface area (Å²) in [5, 5.41) is 0. The normalized spacial score (nSPS) is 39.0. The average Bonchev–Trinajstić information content (AvgIpc) is 1.97. The zero-order valence-electron chi connectivity index (χ0n) is 8.78. The highest BCUT2D eigenvalue weighted by Crippen LogP contribution is 2.54. The monoisotopic (exact) mass is 164 g/mol. The first-order valence-electron chi connectivity index (χ1n) is 5.19. The van der Waals surface area contributed by atoms with E-state index in [9.17, 15) is 0 Å². The van der Waals surface area contributed by atoms with E-state index in [1.165, 1.54) is 19.3 Å². The Kier molecular flexibility index (Phi) is 1.65. The molecule has 1 saturated carbocycles. The van der Waals surface area contributed by atoms with E-state index in [2.05, 4.69) is 27.7 Å². The molecule has 0 heteroatoms. The van der Waals surface area contributed by atoms with Gasteiger partial charge < -0.3 is 0 Å². The summed E-state index contributed by atoms with van der Waals surface area (Å²) in [4.78, 5) is 0. The van der Waals surface area contributed by atoms with Crippen molar-refractivity contribution in [3.8, 4) is 0 Å². The molecule has 3 aliphatic rings. The van der Waals surface area contributed by atoms with Gasteiger partial charge in [-0.15, -0.1) is 0 Å². The molecular formula is C12H20. The van der Waals surface area contributed by atoms with Crippen LogP contribution < -0.4 is 0 Å². The van der Waals surface area contributed by atoms with Crippen LogP contribution in [0.25, 0.3) is 0 Å². The summed E-state index contributed by atoms with van der Waals surface area (Å²) in [7, 11) is 0. The molecule has 12 heavy (non-hydrogen) atoms. The van der Waals surface area contributed by atoms with Crippen LogP contribution in [0, 0.1) is 17.3 Å². The number of allylic oxidation sites excluding steroid dienone is 2. The first-order valence-corrected chi connectivity index (χ1v) is 5.19. The maximum Gasteiger partial charge on any atom is -0.0152 e. The van der Waals surface area contributed by atoms with Crippen LogP contribution in [0.4, 0.5) is 0 Å². The zero-order chi connectivity index (χ0) is 8.93. The second-order valence-electron chi connectivity index (χ2n) is 5.39. The van der Waals surface area contributed by atoms with Gasteiger partial charge in [0, 0.05) is 0 Å². The fourth-order valence-electron chi connectivity index (χ4n) is 3.41. The smallest absolute Gasteiger partial charge is 0.0152 e. The topological polar surface area (TPSA) is 0 Å². The molecule has 0 nitrogen and oxygen atoms in total. The lowest BCUT2D eigenvalue weighted by Gasteiger charge is -2.49. The van der Waals surface area contributed by atoms with E-state index in [0.29, 0.717) is 5.41 Å². The van der Waals surface area contributed by atoms with Gasteiger partial charge in [-0.2, -0.15) is 0 Å². The Hall–Kier alpha value is -0.260. The minimum atomic E-state index is 0.590. The quantitative estimate of drug-likeness (QED) is 0.478. The fourth-order valence-corrected chi connectivity index (χ4v) is 3.41. The van der Waals surface area contributed by atoms with Crippen molar-refractivity contribution in [3.05, 3.63) is 11.1 Å². The van der Waals surface area contributed by atoms with Crippen molar-refractivity contribution in [2.24, 2.45) is 17.3 Å². The highest BCUT2D eigenvalue weighted by atomic mass is 14.5. The summed E-state index contributed by atoms with van der Waals surface area (Å²) in [6.07, 6.45) is 4.33. The Morgan fingerprint density at radius 1 is 1.08 bits per heavy atom. The highest BCUT2D eigenvalue weighted by molar-refractivity contribution is 5.25. The Morgan fingerprint density at radius 3 is 2.17 bits per heavy atom. The molecule has 0 heterocycles. The minimum absolute atomic E-state index is 0.590. The number of rotatable bonds is 0. The van der Waals surface area contributed by atoms with Crippen LogP contribution in [0.15, 0.2) is 11.1 Å². The van der Waals surface area contributed by atoms with Gasteiger partial charge in [0.25, 0.3) is 0 Å². The predicted octanol–water partition coefficient (Wildman–Crippen LogP) is 3.78. The Morgan fingerprint density at radius 2 is 1.75 bits per heavy atom. The lowest BCUT2D eigenvalue weighted by atomic mass is 9.56. The van der Waals surface area contributed by atoms with E-state index >= 15 is 0 Å². The van der Waals surface area contributed by atoms with E-state index in [0.717, 1.165) is 11.8 Å². The molecule has 0 aromatic rings. The third-order valence-corrected chi connectivity index (χ3v) is 4.28. The molecular weight excluding hydrogens is 144 g/mol. The van der Waals surface area contributed by atoms with Gasteiger partial charge in [-0.3, -0.25) is 0 Å². The van der Waals surface area contributed by atoms with Crippen LogP contribution in [-0.4, -0.2) is 0 Å². The molecule has 0 aliphatic heterocycles. The van der Waals surface area contributed by atoms with Gasteiger partial charge in [0.05, 0.1) is 0 Å². The van der Waals surface area contributed by atoms with Crippen molar-refractivity contribution in [1.29, 1.82) is 0 Å². The molecule has 2 atom stereocenters. The predicted molar refractivity (Wildman–Crippen MR) is 53.0 cm³/mol. The van der Waals surface area contributed by atoms with Crippen molar-refractivity contribution in [2.75, 3.05) is 0 Å². The van der Waals surface area contributed by atoms with Gasteiger partial charge in [-0.05, 0) is 50.4 Å². The van der Waals surface area contributed by atoms with E-state index < -0.39 is 0 Å². The minimum Gasteiger partial charge on any atom is -0.0710 e. The largest absolute Gasteiger partial charge is 0.0710 e. The van der Waals surface area contributed by atoms with Crippen LogP contribution >= 0.6 is 0 Å². The zero-order valence-corrected chi connectivity index (χ0v) is 8.78.